The zero-order chi connectivity index (χ0) is 14.3. The Bertz CT molecular complexity index is 343. The van der Waals surface area contributed by atoms with Gasteiger partial charge in [0.05, 0.1) is 0 Å². The molecule has 0 aliphatic heterocycles. The topological polar surface area (TPSA) is 15.3 Å². The fourth-order valence-electron chi connectivity index (χ4n) is 2.23. The van der Waals surface area contributed by atoms with Crippen LogP contribution in [0.15, 0.2) is 24.3 Å². The van der Waals surface area contributed by atoms with Gasteiger partial charge in [-0.1, -0.05) is 45.0 Å². The maximum atomic E-state index is 3.43. The highest BCUT2D eigenvalue weighted by atomic mass is 15.1. The average molecular weight is 262 g/mol. The van der Waals surface area contributed by atoms with Gasteiger partial charge in [0.15, 0.2) is 0 Å². The standard InChI is InChI=1S/C17H30N2/c1-6-15-7-9-16(10-8-15)17(18-4)13-19(5)12-11-14(2)3/h7-10,14,17-18H,6,11-13H2,1-5H3. The molecule has 0 bridgehead atoms. The van der Waals surface area contributed by atoms with Crippen LogP contribution >= 0.6 is 0 Å². The van der Waals surface area contributed by atoms with Crippen LogP contribution < -0.4 is 5.32 Å². The van der Waals surface area contributed by atoms with Gasteiger partial charge in [-0.15, -0.1) is 0 Å². The van der Waals surface area contributed by atoms with E-state index in [1.54, 1.807) is 0 Å². The van der Waals surface area contributed by atoms with Gasteiger partial charge in [-0.3, -0.25) is 0 Å². The van der Waals surface area contributed by atoms with E-state index in [1.807, 2.05) is 0 Å². The van der Waals surface area contributed by atoms with E-state index in [1.165, 1.54) is 24.1 Å². The van der Waals surface area contributed by atoms with Gasteiger partial charge < -0.3 is 10.2 Å². The summed E-state index contributed by atoms with van der Waals surface area (Å²) in [5.74, 6) is 0.777. The Balaban J connectivity index is 2.56. The minimum absolute atomic E-state index is 0.420. The first-order valence-electron chi connectivity index (χ1n) is 7.51. The van der Waals surface area contributed by atoms with Crippen LogP contribution in [-0.2, 0) is 6.42 Å². The lowest BCUT2D eigenvalue weighted by Gasteiger charge is -2.25. The zero-order valence-corrected chi connectivity index (χ0v) is 13.2. The van der Waals surface area contributed by atoms with Crippen molar-refractivity contribution in [2.75, 3.05) is 27.2 Å². The summed E-state index contributed by atoms with van der Waals surface area (Å²) in [6, 6.07) is 9.43. The van der Waals surface area contributed by atoms with Crippen LogP contribution in [0.4, 0.5) is 0 Å². The van der Waals surface area contributed by atoms with E-state index in [-0.39, 0.29) is 0 Å². The molecule has 1 N–H and O–H groups in total. The molecule has 1 aromatic carbocycles. The van der Waals surface area contributed by atoms with Crippen molar-refractivity contribution < 1.29 is 0 Å². The summed E-state index contributed by atoms with van der Waals surface area (Å²) in [6.07, 6.45) is 2.38. The molecule has 0 saturated carbocycles. The van der Waals surface area contributed by atoms with E-state index in [2.05, 4.69) is 69.3 Å². The predicted molar refractivity (Wildman–Crippen MR) is 84.6 cm³/mol. The van der Waals surface area contributed by atoms with Gasteiger partial charge in [0.1, 0.15) is 0 Å². The summed E-state index contributed by atoms with van der Waals surface area (Å²) >= 11 is 0. The second kappa shape index (κ2) is 8.34. The SMILES string of the molecule is CCc1ccc(C(CN(C)CCC(C)C)NC)cc1. The lowest BCUT2D eigenvalue weighted by Crippen LogP contribution is -2.32. The number of benzene rings is 1. The Morgan fingerprint density at radius 1 is 1.16 bits per heavy atom. The highest BCUT2D eigenvalue weighted by molar-refractivity contribution is 5.25. The van der Waals surface area contributed by atoms with Crippen molar-refractivity contribution in [1.29, 1.82) is 0 Å². The van der Waals surface area contributed by atoms with Crippen LogP contribution in [-0.4, -0.2) is 32.1 Å². The second-order valence-corrected chi connectivity index (χ2v) is 5.88. The van der Waals surface area contributed by atoms with Crippen molar-refractivity contribution in [1.82, 2.24) is 10.2 Å². The molecule has 0 heterocycles. The monoisotopic (exact) mass is 262 g/mol. The number of rotatable bonds is 8. The molecule has 19 heavy (non-hydrogen) atoms. The summed E-state index contributed by atoms with van der Waals surface area (Å²) in [5.41, 5.74) is 2.79. The molecule has 0 amide bonds. The van der Waals surface area contributed by atoms with Gasteiger partial charge in [0, 0.05) is 12.6 Å². The van der Waals surface area contributed by atoms with Crippen LogP contribution in [0, 0.1) is 5.92 Å². The molecule has 1 rings (SSSR count). The molecule has 1 unspecified atom stereocenters. The van der Waals surface area contributed by atoms with E-state index in [9.17, 15) is 0 Å². The molecule has 0 fully saturated rings. The lowest BCUT2D eigenvalue weighted by molar-refractivity contribution is 0.280. The van der Waals surface area contributed by atoms with Gasteiger partial charge in [0.2, 0.25) is 0 Å². The lowest BCUT2D eigenvalue weighted by atomic mass is 10.0. The van der Waals surface area contributed by atoms with Crippen LogP contribution in [0.5, 0.6) is 0 Å². The number of aryl methyl sites for hydroxylation is 1. The van der Waals surface area contributed by atoms with Crippen LogP contribution in [0.1, 0.15) is 44.4 Å². The summed E-state index contributed by atoms with van der Waals surface area (Å²) in [6.45, 7) is 9.00. The number of nitrogens with zero attached hydrogens (tertiary/aromatic N) is 1. The maximum Gasteiger partial charge on any atom is 0.0446 e. The van der Waals surface area contributed by atoms with Gasteiger partial charge in [-0.25, -0.2) is 0 Å². The molecule has 0 aliphatic rings. The highest BCUT2D eigenvalue weighted by Crippen LogP contribution is 2.15. The normalized spacial score (nSPS) is 13.2. The summed E-state index contributed by atoms with van der Waals surface area (Å²) in [5, 5.41) is 3.43. The van der Waals surface area contributed by atoms with Crippen LogP contribution in [0.25, 0.3) is 0 Å². The quantitative estimate of drug-likeness (QED) is 0.771. The minimum Gasteiger partial charge on any atom is -0.312 e. The summed E-state index contributed by atoms with van der Waals surface area (Å²) < 4.78 is 0. The fraction of sp³-hybridized carbons (Fsp3) is 0.647. The first-order chi connectivity index (χ1) is 9.06. The van der Waals surface area contributed by atoms with Crippen molar-refractivity contribution in [2.45, 2.75) is 39.7 Å². The molecule has 0 aromatic heterocycles. The van der Waals surface area contributed by atoms with Crippen molar-refractivity contribution in [3.05, 3.63) is 35.4 Å². The van der Waals surface area contributed by atoms with Crippen molar-refractivity contribution in [3.63, 3.8) is 0 Å². The van der Waals surface area contributed by atoms with Gasteiger partial charge in [-0.2, -0.15) is 0 Å². The Morgan fingerprint density at radius 2 is 1.79 bits per heavy atom. The number of nitrogens with one attached hydrogen (secondary N) is 1. The van der Waals surface area contributed by atoms with E-state index in [0.29, 0.717) is 6.04 Å². The minimum atomic E-state index is 0.420. The molecule has 0 saturated heterocycles. The second-order valence-electron chi connectivity index (χ2n) is 5.88. The van der Waals surface area contributed by atoms with E-state index in [0.717, 1.165) is 18.9 Å². The van der Waals surface area contributed by atoms with E-state index >= 15 is 0 Å². The smallest absolute Gasteiger partial charge is 0.0446 e. The van der Waals surface area contributed by atoms with Crippen molar-refractivity contribution in [2.24, 2.45) is 5.92 Å². The van der Waals surface area contributed by atoms with Gasteiger partial charge in [-0.05, 0) is 50.5 Å². The molecule has 0 aliphatic carbocycles. The van der Waals surface area contributed by atoms with E-state index in [4.69, 9.17) is 0 Å². The van der Waals surface area contributed by atoms with E-state index < -0.39 is 0 Å². The molecule has 108 valence electrons. The average Bonchev–Trinajstić information content (AvgIpc) is 2.42. The Hall–Kier alpha value is -0.860. The summed E-state index contributed by atoms with van der Waals surface area (Å²) in [7, 11) is 4.27. The number of hydrogen-bond acceptors (Lipinski definition) is 2. The third-order valence-corrected chi connectivity index (χ3v) is 3.72. The molecule has 2 heteroatoms. The first-order valence-corrected chi connectivity index (χ1v) is 7.51. The molecular weight excluding hydrogens is 232 g/mol. The maximum absolute atomic E-state index is 3.43. The highest BCUT2D eigenvalue weighted by Gasteiger charge is 2.12. The van der Waals surface area contributed by atoms with Crippen LogP contribution in [0.2, 0.25) is 0 Å². The zero-order valence-electron chi connectivity index (χ0n) is 13.2. The van der Waals surface area contributed by atoms with Crippen molar-refractivity contribution in [3.8, 4) is 0 Å². The molecular formula is C17H30N2. The molecule has 2 nitrogen and oxygen atoms in total. The summed E-state index contributed by atoms with van der Waals surface area (Å²) in [4.78, 5) is 2.43. The third-order valence-electron chi connectivity index (χ3n) is 3.72. The Morgan fingerprint density at radius 3 is 2.26 bits per heavy atom. The Kier molecular flexibility index (Phi) is 7.11. The first kappa shape index (κ1) is 16.2. The molecule has 0 spiro atoms. The number of likely N-dealkylation sites (N-methyl/N-ethyl adjacent to an activating group) is 2. The van der Waals surface area contributed by atoms with Crippen LogP contribution in [0.3, 0.4) is 0 Å². The molecule has 1 atom stereocenters. The largest absolute Gasteiger partial charge is 0.312 e. The van der Waals surface area contributed by atoms with Crippen molar-refractivity contribution >= 4 is 0 Å². The predicted octanol–water partition coefficient (Wildman–Crippen LogP) is 3.49. The molecule has 1 aromatic rings. The number of hydrogen-bond donors (Lipinski definition) is 1. The fourth-order valence-corrected chi connectivity index (χ4v) is 2.23. The molecule has 0 radical (unpaired) electrons. The third kappa shape index (κ3) is 5.75. The Labute approximate surface area is 119 Å². The van der Waals surface area contributed by atoms with Gasteiger partial charge >= 0.3 is 0 Å². The van der Waals surface area contributed by atoms with Gasteiger partial charge in [0.25, 0.3) is 0 Å².